The monoisotopic (exact) mass is 301 g/mol. The van der Waals surface area contributed by atoms with E-state index in [4.69, 9.17) is 0 Å². The maximum Gasteiger partial charge on any atom is 0.228 e. The summed E-state index contributed by atoms with van der Waals surface area (Å²) in [4.78, 5) is 19.3. The summed E-state index contributed by atoms with van der Waals surface area (Å²) >= 11 is 0. The molecule has 6 heteroatoms. The van der Waals surface area contributed by atoms with Gasteiger partial charge < -0.3 is 10.3 Å². The lowest BCUT2D eigenvalue weighted by atomic mass is 10.1. The van der Waals surface area contributed by atoms with E-state index >= 15 is 0 Å². The second kappa shape index (κ2) is 5.55. The molecule has 112 valence electrons. The van der Waals surface area contributed by atoms with Crippen molar-refractivity contribution < 1.29 is 13.6 Å². The van der Waals surface area contributed by atoms with Gasteiger partial charge in [-0.05, 0) is 36.8 Å². The number of benzene rings is 2. The summed E-state index contributed by atoms with van der Waals surface area (Å²) in [7, 11) is 0. The standard InChI is InChI=1S/C16H13F2N3O/c1-9-19-13-6-5-10(7-14(13)20-9)8-15(22)21-16-11(17)3-2-4-12(16)18/h2-7H,8H2,1H3,(H,19,20)(H,21,22). The van der Waals surface area contributed by atoms with Gasteiger partial charge in [-0.1, -0.05) is 12.1 Å². The third-order valence-electron chi connectivity index (χ3n) is 3.26. The van der Waals surface area contributed by atoms with E-state index in [-0.39, 0.29) is 6.42 Å². The van der Waals surface area contributed by atoms with Crippen LogP contribution in [-0.4, -0.2) is 15.9 Å². The first-order valence-corrected chi connectivity index (χ1v) is 6.72. The summed E-state index contributed by atoms with van der Waals surface area (Å²) in [5.74, 6) is -1.30. The molecule has 2 aromatic carbocycles. The lowest BCUT2D eigenvalue weighted by molar-refractivity contribution is -0.115. The van der Waals surface area contributed by atoms with E-state index in [1.54, 1.807) is 18.2 Å². The molecule has 0 fully saturated rings. The van der Waals surface area contributed by atoms with Crippen LogP contribution >= 0.6 is 0 Å². The average molecular weight is 301 g/mol. The van der Waals surface area contributed by atoms with Crippen molar-refractivity contribution in [2.24, 2.45) is 0 Å². The lowest BCUT2D eigenvalue weighted by Gasteiger charge is -2.07. The van der Waals surface area contributed by atoms with Crippen LogP contribution in [0.2, 0.25) is 0 Å². The maximum atomic E-state index is 13.5. The van der Waals surface area contributed by atoms with E-state index in [0.717, 1.165) is 34.6 Å². The molecule has 0 atom stereocenters. The number of hydrogen-bond donors (Lipinski definition) is 2. The number of amides is 1. The van der Waals surface area contributed by atoms with Gasteiger partial charge in [0.25, 0.3) is 0 Å². The van der Waals surface area contributed by atoms with Crippen LogP contribution in [0.4, 0.5) is 14.5 Å². The number of nitrogens with zero attached hydrogens (tertiary/aromatic N) is 1. The highest BCUT2D eigenvalue weighted by molar-refractivity contribution is 5.93. The number of fused-ring (bicyclic) bond motifs is 1. The summed E-state index contributed by atoms with van der Waals surface area (Å²) in [5, 5.41) is 2.27. The summed E-state index contributed by atoms with van der Waals surface area (Å²) < 4.78 is 27.0. The van der Waals surface area contributed by atoms with Crippen LogP contribution in [0.3, 0.4) is 0 Å². The van der Waals surface area contributed by atoms with Gasteiger partial charge in [0.2, 0.25) is 5.91 Å². The van der Waals surface area contributed by atoms with E-state index in [1.165, 1.54) is 6.07 Å². The molecule has 0 radical (unpaired) electrons. The fourth-order valence-corrected chi connectivity index (χ4v) is 2.28. The highest BCUT2D eigenvalue weighted by atomic mass is 19.1. The Morgan fingerprint density at radius 1 is 1.23 bits per heavy atom. The second-order valence-corrected chi connectivity index (χ2v) is 5.00. The number of hydrogen-bond acceptors (Lipinski definition) is 2. The van der Waals surface area contributed by atoms with Crippen molar-refractivity contribution in [2.75, 3.05) is 5.32 Å². The zero-order valence-corrected chi connectivity index (χ0v) is 11.8. The molecule has 0 saturated heterocycles. The quantitative estimate of drug-likeness (QED) is 0.779. The number of halogens is 2. The number of H-pyrrole nitrogens is 1. The molecule has 1 heterocycles. The molecule has 0 aliphatic carbocycles. The third-order valence-corrected chi connectivity index (χ3v) is 3.26. The molecule has 0 aliphatic heterocycles. The Balaban J connectivity index is 1.78. The molecule has 0 unspecified atom stereocenters. The molecular weight excluding hydrogens is 288 g/mol. The first kappa shape index (κ1) is 14.2. The van der Waals surface area contributed by atoms with Crippen LogP contribution in [0.15, 0.2) is 36.4 Å². The molecule has 0 spiro atoms. The van der Waals surface area contributed by atoms with Gasteiger partial charge in [-0.2, -0.15) is 0 Å². The minimum atomic E-state index is -0.798. The number of para-hydroxylation sites is 1. The SMILES string of the molecule is Cc1nc2ccc(CC(=O)Nc3c(F)cccc3F)cc2[nH]1. The van der Waals surface area contributed by atoms with Crippen LogP contribution in [0.1, 0.15) is 11.4 Å². The van der Waals surface area contributed by atoms with Crippen molar-refractivity contribution in [1.82, 2.24) is 9.97 Å². The smallest absolute Gasteiger partial charge is 0.228 e. The minimum Gasteiger partial charge on any atom is -0.342 e. The topological polar surface area (TPSA) is 57.8 Å². The molecule has 4 nitrogen and oxygen atoms in total. The summed E-state index contributed by atoms with van der Waals surface area (Å²) in [6, 6.07) is 8.79. The maximum absolute atomic E-state index is 13.5. The number of carbonyl (C=O) groups excluding carboxylic acids is 1. The molecular formula is C16H13F2N3O. The summed E-state index contributed by atoms with van der Waals surface area (Å²) in [6.45, 7) is 1.84. The Morgan fingerprint density at radius 2 is 1.95 bits per heavy atom. The average Bonchev–Trinajstić information content (AvgIpc) is 2.82. The molecule has 0 aliphatic rings. The summed E-state index contributed by atoms with van der Waals surface area (Å²) in [5.41, 5.74) is 1.93. The fraction of sp³-hybridized carbons (Fsp3) is 0.125. The Morgan fingerprint density at radius 3 is 2.68 bits per heavy atom. The van der Waals surface area contributed by atoms with E-state index in [9.17, 15) is 13.6 Å². The van der Waals surface area contributed by atoms with Crippen LogP contribution in [0.5, 0.6) is 0 Å². The van der Waals surface area contributed by atoms with Gasteiger partial charge in [-0.25, -0.2) is 13.8 Å². The van der Waals surface area contributed by atoms with Crippen molar-refractivity contribution in [3.05, 3.63) is 59.4 Å². The largest absolute Gasteiger partial charge is 0.342 e. The number of aromatic nitrogens is 2. The molecule has 2 N–H and O–H groups in total. The Labute approximate surface area is 125 Å². The van der Waals surface area contributed by atoms with Gasteiger partial charge in [0.1, 0.15) is 23.1 Å². The lowest BCUT2D eigenvalue weighted by Crippen LogP contribution is -2.16. The second-order valence-electron chi connectivity index (χ2n) is 5.00. The first-order valence-electron chi connectivity index (χ1n) is 6.72. The molecule has 1 amide bonds. The molecule has 22 heavy (non-hydrogen) atoms. The van der Waals surface area contributed by atoms with Gasteiger partial charge >= 0.3 is 0 Å². The van der Waals surface area contributed by atoms with Crippen molar-refractivity contribution in [1.29, 1.82) is 0 Å². The van der Waals surface area contributed by atoms with Gasteiger partial charge in [-0.3, -0.25) is 4.79 Å². The van der Waals surface area contributed by atoms with Crippen LogP contribution in [0, 0.1) is 18.6 Å². The van der Waals surface area contributed by atoms with Crippen LogP contribution in [0.25, 0.3) is 11.0 Å². The van der Waals surface area contributed by atoms with Crippen molar-refractivity contribution >= 4 is 22.6 Å². The number of aromatic amines is 1. The molecule has 3 aromatic rings. The van der Waals surface area contributed by atoms with E-state index < -0.39 is 23.2 Å². The van der Waals surface area contributed by atoms with Gasteiger partial charge in [0.05, 0.1) is 17.5 Å². The van der Waals surface area contributed by atoms with Gasteiger partial charge in [-0.15, -0.1) is 0 Å². The highest BCUT2D eigenvalue weighted by Gasteiger charge is 2.12. The first-order chi connectivity index (χ1) is 10.5. The Kier molecular flexibility index (Phi) is 3.58. The van der Waals surface area contributed by atoms with Gasteiger partial charge in [0.15, 0.2) is 0 Å². The number of carbonyl (C=O) groups is 1. The number of rotatable bonds is 3. The zero-order valence-electron chi connectivity index (χ0n) is 11.8. The molecule has 3 rings (SSSR count). The highest BCUT2D eigenvalue weighted by Crippen LogP contribution is 2.19. The third kappa shape index (κ3) is 2.81. The Bertz CT molecular complexity index is 837. The van der Waals surface area contributed by atoms with Crippen molar-refractivity contribution in [3.63, 3.8) is 0 Å². The molecule has 0 bridgehead atoms. The summed E-state index contributed by atoms with van der Waals surface area (Å²) in [6.07, 6.45) is 0.0157. The van der Waals surface area contributed by atoms with Crippen molar-refractivity contribution in [3.8, 4) is 0 Å². The number of anilines is 1. The number of imidazole rings is 1. The van der Waals surface area contributed by atoms with Gasteiger partial charge in [0, 0.05) is 0 Å². The van der Waals surface area contributed by atoms with E-state index in [0.29, 0.717) is 0 Å². The van der Waals surface area contributed by atoms with Crippen molar-refractivity contribution in [2.45, 2.75) is 13.3 Å². The molecule has 1 aromatic heterocycles. The molecule has 0 saturated carbocycles. The zero-order chi connectivity index (χ0) is 15.7. The Hall–Kier alpha value is -2.76. The predicted octanol–water partition coefficient (Wildman–Crippen LogP) is 3.33. The van der Waals surface area contributed by atoms with Crippen LogP contribution < -0.4 is 5.32 Å². The predicted molar refractivity (Wildman–Crippen MR) is 79.5 cm³/mol. The normalized spacial score (nSPS) is 10.9. The minimum absolute atomic E-state index is 0.0157. The fourth-order valence-electron chi connectivity index (χ4n) is 2.28. The van der Waals surface area contributed by atoms with E-state index in [2.05, 4.69) is 15.3 Å². The number of nitrogens with one attached hydrogen (secondary N) is 2. The number of aryl methyl sites for hydroxylation is 1. The van der Waals surface area contributed by atoms with E-state index in [1.807, 2.05) is 6.92 Å². The van der Waals surface area contributed by atoms with Crippen LogP contribution in [-0.2, 0) is 11.2 Å².